The molecule has 17 heavy (non-hydrogen) atoms. The summed E-state index contributed by atoms with van der Waals surface area (Å²) in [5.41, 5.74) is 0.225. The van der Waals surface area contributed by atoms with E-state index in [-0.39, 0.29) is 17.1 Å². The van der Waals surface area contributed by atoms with E-state index in [1.54, 1.807) is 7.05 Å². The van der Waals surface area contributed by atoms with Crippen LogP contribution in [0, 0.1) is 17.0 Å². The number of halogens is 2. The zero-order valence-electron chi connectivity index (χ0n) is 10.1. The van der Waals surface area contributed by atoms with Gasteiger partial charge >= 0.3 is 0 Å². The molecule has 0 saturated heterocycles. The van der Waals surface area contributed by atoms with E-state index in [2.05, 4.69) is 22.5 Å². The molecule has 94 valence electrons. The quantitative estimate of drug-likeness (QED) is 0.850. The van der Waals surface area contributed by atoms with Crippen LogP contribution in [-0.2, 0) is 0 Å². The standard InChI is InChI=1S/C12H17F2N3/c1-12(4-3-5-12)7-16-11-9(14)6-8(13)10(15-2)17-11/h6H,3-5,7H2,1-2H3,(H2,15,16,17). The first-order chi connectivity index (χ1) is 8.04. The van der Waals surface area contributed by atoms with Crippen LogP contribution in [-0.4, -0.2) is 18.6 Å². The fourth-order valence-electron chi connectivity index (χ4n) is 2.02. The molecular formula is C12H17F2N3. The van der Waals surface area contributed by atoms with Crippen molar-refractivity contribution in [3.63, 3.8) is 0 Å². The van der Waals surface area contributed by atoms with Gasteiger partial charge in [-0.3, -0.25) is 0 Å². The second kappa shape index (κ2) is 4.47. The number of pyridine rings is 1. The fraction of sp³-hybridized carbons (Fsp3) is 0.583. The summed E-state index contributed by atoms with van der Waals surface area (Å²) in [5.74, 6) is -1.15. The molecule has 1 aromatic rings. The maximum absolute atomic E-state index is 13.5. The van der Waals surface area contributed by atoms with Crippen molar-refractivity contribution in [3.05, 3.63) is 17.7 Å². The highest BCUT2D eigenvalue weighted by atomic mass is 19.1. The average Bonchev–Trinajstić information content (AvgIpc) is 2.25. The van der Waals surface area contributed by atoms with E-state index in [1.165, 1.54) is 6.42 Å². The molecule has 3 nitrogen and oxygen atoms in total. The molecule has 0 amide bonds. The Morgan fingerprint density at radius 2 is 1.94 bits per heavy atom. The van der Waals surface area contributed by atoms with Crippen LogP contribution in [0.15, 0.2) is 6.07 Å². The first kappa shape index (κ1) is 12.1. The molecule has 1 aliphatic rings. The zero-order valence-corrected chi connectivity index (χ0v) is 10.1. The van der Waals surface area contributed by atoms with E-state index < -0.39 is 11.6 Å². The second-order valence-electron chi connectivity index (χ2n) is 4.92. The predicted octanol–water partition coefficient (Wildman–Crippen LogP) is 3.00. The van der Waals surface area contributed by atoms with Crippen LogP contribution in [0.25, 0.3) is 0 Å². The number of rotatable bonds is 4. The lowest BCUT2D eigenvalue weighted by molar-refractivity contribution is 0.179. The van der Waals surface area contributed by atoms with Crippen LogP contribution >= 0.6 is 0 Å². The van der Waals surface area contributed by atoms with Gasteiger partial charge in [0.1, 0.15) is 0 Å². The Balaban J connectivity index is 2.09. The van der Waals surface area contributed by atoms with Crippen molar-refractivity contribution in [3.8, 4) is 0 Å². The van der Waals surface area contributed by atoms with E-state index in [0.29, 0.717) is 6.54 Å². The number of hydrogen-bond acceptors (Lipinski definition) is 3. The minimum absolute atomic E-state index is 0.0627. The molecule has 0 aromatic carbocycles. The average molecular weight is 241 g/mol. The van der Waals surface area contributed by atoms with Gasteiger partial charge in [-0.15, -0.1) is 0 Å². The van der Waals surface area contributed by atoms with Gasteiger partial charge in [-0.2, -0.15) is 0 Å². The third-order valence-electron chi connectivity index (χ3n) is 3.41. The minimum atomic E-state index is -0.676. The Morgan fingerprint density at radius 1 is 1.29 bits per heavy atom. The molecule has 0 radical (unpaired) electrons. The van der Waals surface area contributed by atoms with Crippen molar-refractivity contribution in [2.24, 2.45) is 5.41 Å². The smallest absolute Gasteiger partial charge is 0.168 e. The lowest BCUT2D eigenvalue weighted by atomic mass is 9.70. The number of aromatic nitrogens is 1. The predicted molar refractivity (Wildman–Crippen MR) is 64.1 cm³/mol. The lowest BCUT2D eigenvalue weighted by Crippen LogP contribution is -2.33. The molecule has 1 saturated carbocycles. The van der Waals surface area contributed by atoms with Gasteiger partial charge in [0.05, 0.1) is 0 Å². The van der Waals surface area contributed by atoms with Crippen LogP contribution < -0.4 is 10.6 Å². The van der Waals surface area contributed by atoms with Crippen molar-refractivity contribution in [2.45, 2.75) is 26.2 Å². The number of nitrogens with zero attached hydrogens (tertiary/aromatic N) is 1. The van der Waals surface area contributed by atoms with E-state index in [9.17, 15) is 8.78 Å². The topological polar surface area (TPSA) is 37.0 Å². The molecule has 2 N–H and O–H groups in total. The Labute approximate surface area is 99.6 Å². The lowest BCUT2D eigenvalue weighted by Gasteiger charge is -2.38. The van der Waals surface area contributed by atoms with Gasteiger partial charge in [-0.1, -0.05) is 13.3 Å². The first-order valence-corrected chi connectivity index (χ1v) is 5.82. The molecule has 1 aromatic heterocycles. The Hall–Kier alpha value is -1.39. The molecule has 5 heteroatoms. The second-order valence-corrected chi connectivity index (χ2v) is 4.92. The summed E-state index contributed by atoms with van der Waals surface area (Å²) in [7, 11) is 1.56. The Bertz CT molecular complexity index is 416. The molecule has 1 aliphatic carbocycles. The molecule has 0 spiro atoms. The van der Waals surface area contributed by atoms with Crippen molar-refractivity contribution in [1.29, 1.82) is 0 Å². The molecule has 0 unspecified atom stereocenters. The monoisotopic (exact) mass is 241 g/mol. The van der Waals surface area contributed by atoms with E-state index in [1.807, 2.05) is 0 Å². The van der Waals surface area contributed by atoms with E-state index in [4.69, 9.17) is 0 Å². The summed E-state index contributed by atoms with van der Waals surface area (Å²) in [6.45, 7) is 2.83. The van der Waals surface area contributed by atoms with Crippen LogP contribution in [0.3, 0.4) is 0 Å². The molecule has 0 bridgehead atoms. The van der Waals surface area contributed by atoms with Gasteiger partial charge in [0.15, 0.2) is 23.3 Å². The largest absolute Gasteiger partial charge is 0.371 e. The van der Waals surface area contributed by atoms with Gasteiger partial charge in [0.25, 0.3) is 0 Å². The summed E-state index contributed by atoms with van der Waals surface area (Å²) in [6.07, 6.45) is 3.50. The summed E-state index contributed by atoms with van der Waals surface area (Å²) < 4.78 is 26.7. The van der Waals surface area contributed by atoms with Gasteiger partial charge < -0.3 is 10.6 Å². The summed E-state index contributed by atoms with van der Waals surface area (Å²) in [4.78, 5) is 3.88. The zero-order chi connectivity index (χ0) is 12.5. The molecule has 0 atom stereocenters. The van der Waals surface area contributed by atoms with Gasteiger partial charge in [0.2, 0.25) is 0 Å². The number of anilines is 2. The van der Waals surface area contributed by atoms with E-state index >= 15 is 0 Å². The van der Waals surface area contributed by atoms with Crippen LogP contribution in [0.5, 0.6) is 0 Å². The minimum Gasteiger partial charge on any atom is -0.371 e. The van der Waals surface area contributed by atoms with Crippen LogP contribution in [0.1, 0.15) is 26.2 Å². The highest BCUT2D eigenvalue weighted by Crippen LogP contribution is 2.40. The van der Waals surface area contributed by atoms with Gasteiger partial charge in [-0.25, -0.2) is 13.8 Å². The van der Waals surface area contributed by atoms with Crippen molar-refractivity contribution in [1.82, 2.24) is 4.98 Å². The Kier molecular flexibility index (Phi) is 3.17. The number of nitrogens with one attached hydrogen (secondary N) is 2. The third kappa shape index (κ3) is 2.48. The van der Waals surface area contributed by atoms with E-state index in [0.717, 1.165) is 18.9 Å². The van der Waals surface area contributed by atoms with Crippen LogP contribution in [0.2, 0.25) is 0 Å². The SMILES string of the molecule is CNc1nc(NCC2(C)CCC2)c(F)cc1F. The molecule has 1 fully saturated rings. The maximum atomic E-state index is 13.5. The molecular weight excluding hydrogens is 224 g/mol. The molecule has 1 heterocycles. The third-order valence-corrected chi connectivity index (χ3v) is 3.41. The number of hydrogen-bond donors (Lipinski definition) is 2. The Morgan fingerprint density at radius 3 is 2.47 bits per heavy atom. The maximum Gasteiger partial charge on any atom is 0.168 e. The van der Waals surface area contributed by atoms with Crippen LogP contribution in [0.4, 0.5) is 20.4 Å². The summed E-state index contributed by atoms with van der Waals surface area (Å²) in [6, 6.07) is 0.851. The highest BCUT2D eigenvalue weighted by molar-refractivity contribution is 5.47. The normalized spacial score (nSPS) is 17.4. The van der Waals surface area contributed by atoms with Crippen molar-refractivity contribution in [2.75, 3.05) is 24.2 Å². The first-order valence-electron chi connectivity index (χ1n) is 5.82. The molecule has 0 aliphatic heterocycles. The van der Waals surface area contributed by atoms with Gasteiger partial charge in [0, 0.05) is 19.7 Å². The summed E-state index contributed by atoms with van der Waals surface area (Å²) in [5, 5.41) is 5.56. The molecule has 2 rings (SSSR count). The fourth-order valence-corrected chi connectivity index (χ4v) is 2.02. The van der Waals surface area contributed by atoms with Crippen molar-refractivity contribution >= 4 is 11.6 Å². The summed E-state index contributed by atoms with van der Waals surface area (Å²) >= 11 is 0. The highest BCUT2D eigenvalue weighted by Gasteiger charge is 2.31. The van der Waals surface area contributed by atoms with Crippen molar-refractivity contribution < 1.29 is 8.78 Å². The van der Waals surface area contributed by atoms with Gasteiger partial charge in [-0.05, 0) is 18.3 Å².